The highest BCUT2D eigenvalue weighted by atomic mass is 16.3. The number of nitrogens with one attached hydrogen (secondary N) is 1. The van der Waals surface area contributed by atoms with Crippen LogP contribution in [-0.2, 0) is 4.79 Å². The summed E-state index contributed by atoms with van der Waals surface area (Å²) in [7, 11) is 1.80. The molecule has 106 valence electrons. The van der Waals surface area contributed by atoms with Crippen molar-refractivity contribution in [2.24, 2.45) is 11.3 Å². The van der Waals surface area contributed by atoms with Crippen molar-refractivity contribution in [2.75, 3.05) is 20.1 Å². The predicted molar refractivity (Wildman–Crippen MR) is 73.3 cm³/mol. The van der Waals surface area contributed by atoms with Crippen molar-refractivity contribution in [3.63, 3.8) is 0 Å². The van der Waals surface area contributed by atoms with E-state index in [1.807, 2.05) is 0 Å². The number of likely N-dealkylation sites (N-methyl/N-ethyl adjacent to an activating group) is 1. The van der Waals surface area contributed by atoms with Crippen molar-refractivity contribution in [1.29, 1.82) is 0 Å². The molecular formula is C14H28N2O2. The lowest BCUT2D eigenvalue weighted by atomic mass is 9.84. The van der Waals surface area contributed by atoms with Crippen LogP contribution >= 0.6 is 0 Å². The maximum atomic E-state index is 12.2. The van der Waals surface area contributed by atoms with Crippen LogP contribution in [0.1, 0.15) is 40.5 Å². The number of rotatable bonds is 4. The number of carbonyl (C=O) groups is 1. The molecule has 1 saturated heterocycles. The van der Waals surface area contributed by atoms with Gasteiger partial charge in [-0.15, -0.1) is 0 Å². The molecule has 4 heteroatoms. The van der Waals surface area contributed by atoms with Gasteiger partial charge < -0.3 is 15.3 Å². The Balaban J connectivity index is 2.44. The topological polar surface area (TPSA) is 52.6 Å². The second kappa shape index (κ2) is 6.02. The Morgan fingerprint density at radius 3 is 2.50 bits per heavy atom. The van der Waals surface area contributed by atoms with Gasteiger partial charge in [-0.1, -0.05) is 27.7 Å². The molecule has 18 heavy (non-hydrogen) atoms. The Labute approximate surface area is 111 Å². The van der Waals surface area contributed by atoms with E-state index in [-0.39, 0.29) is 17.4 Å². The van der Waals surface area contributed by atoms with Crippen LogP contribution in [0.3, 0.4) is 0 Å². The molecule has 0 aromatic heterocycles. The first-order valence-electron chi connectivity index (χ1n) is 6.85. The van der Waals surface area contributed by atoms with E-state index in [9.17, 15) is 9.90 Å². The molecule has 1 heterocycles. The number of aliphatic hydroxyl groups is 1. The minimum Gasteiger partial charge on any atom is -0.390 e. The van der Waals surface area contributed by atoms with Gasteiger partial charge in [0.1, 0.15) is 0 Å². The molecule has 1 fully saturated rings. The molecular weight excluding hydrogens is 228 g/mol. The summed E-state index contributed by atoms with van der Waals surface area (Å²) in [5, 5.41) is 12.9. The van der Waals surface area contributed by atoms with E-state index in [1.54, 1.807) is 11.9 Å². The number of hydrogen-bond donors (Lipinski definition) is 2. The Morgan fingerprint density at radius 1 is 1.44 bits per heavy atom. The Hall–Kier alpha value is -0.610. The van der Waals surface area contributed by atoms with Crippen LogP contribution in [0.2, 0.25) is 0 Å². The van der Waals surface area contributed by atoms with Crippen LogP contribution in [0, 0.1) is 11.3 Å². The Kier molecular flexibility index (Phi) is 5.17. The summed E-state index contributed by atoms with van der Waals surface area (Å²) >= 11 is 0. The zero-order chi connectivity index (χ0) is 13.9. The second-order valence-corrected chi connectivity index (χ2v) is 6.87. The monoisotopic (exact) mass is 256 g/mol. The van der Waals surface area contributed by atoms with E-state index in [2.05, 4.69) is 33.0 Å². The third-order valence-electron chi connectivity index (χ3n) is 3.53. The minimum absolute atomic E-state index is 0.0701. The second-order valence-electron chi connectivity index (χ2n) is 6.87. The smallest absolute Gasteiger partial charge is 0.222 e. The van der Waals surface area contributed by atoms with Crippen molar-refractivity contribution in [1.82, 2.24) is 10.2 Å². The molecule has 0 saturated carbocycles. The maximum absolute atomic E-state index is 12.2. The average Bonchev–Trinajstić information content (AvgIpc) is 2.60. The lowest BCUT2D eigenvalue weighted by Gasteiger charge is -2.29. The normalized spacial score (nSPS) is 26.1. The lowest BCUT2D eigenvalue weighted by Crippen LogP contribution is -2.44. The molecule has 1 aliphatic rings. The number of nitrogens with zero attached hydrogens (tertiary/aromatic N) is 1. The first-order chi connectivity index (χ1) is 8.20. The first-order valence-corrected chi connectivity index (χ1v) is 6.85. The first kappa shape index (κ1) is 15.4. The van der Waals surface area contributed by atoms with Gasteiger partial charge in [0.25, 0.3) is 0 Å². The van der Waals surface area contributed by atoms with Crippen molar-refractivity contribution >= 4 is 5.91 Å². The molecule has 0 aliphatic carbocycles. The molecule has 0 aromatic rings. The largest absolute Gasteiger partial charge is 0.390 e. The summed E-state index contributed by atoms with van der Waals surface area (Å²) in [5.74, 6) is 0.519. The van der Waals surface area contributed by atoms with Gasteiger partial charge in [0.2, 0.25) is 5.91 Å². The van der Waals surface area contributed by atoms with Crippen LogP contribution in [0.25, 0.3) is 0 Å². The number of amides is 1. The summed E-state index contributed by atoms with van der Waals surface area (Å²) < 4.78 is 0. The molecule has 0 aromatic carbocycles. The van der Waals surface area contributed by atoms with Crippen LogP contribution < -0.4 is 5.32 Å². The van der Waals surface area contributed by atoms with E-state index in [4.69, 9.17) is 0 Å². The van der Waals surface area contributed by atoms with Crippen LogP contribution in [0.5, 0.6) is 0 Å². The van der Waals surface area contributed by atoms with Crippen molar-refractivity contribution in [3.8, 4) is 0 Å². The van der Waals surface area contributed by atoms with Crippen molar-refractivity contribution in [2.45, 2.75) is 52.7 Å². The minimum atomic E-state index is -0.433. The summed E-state index contributed by atoms with van der Waals surface area (Å²) in [5.41, 5.74) is 0.257. The SMILES string of the molecule is CC(CC(=O)N(C)[C@@H]1CNC[C@H]1O)CC(C)(C)C. The molecule has 1 aliphatic heterocycles. The van der Waals surface area contributed by atoms with Gasteiger partial charge in [-0.25, -0.2) is 0 Å². The molecule has 0 spiro atoms. The maximum Gasteiger partial charge on any atom is 0.222 e. The number of hydrogen-bond acceptors (Lipinski definition) is 3. The molecule has 1 unspecified atom stereocenters. The van der Waals surface area contributed by atoms with Crippen LogP contribution in [0.4, 0.5) is 0 Å². The average molecular weight is 256 g/mol. The summed E-state index contributed by atoms with van der Waals surface area (Å²) in [6.45, 7) is 9.99. The highest BCUT2D eigenvalue weighted by molar-refractivity contribution is 5.76. The molecule has 1 rings (SSSR count). The molecule has 4 nitrogen and oxygen atoms in total. The zero-order valence-electron chi connectivity index (χ0n) is 12.4. The third-order valence-corrected chi connectivity index (χ3v) is 3.53. The highest BCUT2D eigenvalue weighted by Crippen LogP contribution is 2.26. The van der Waals surface area contributed by atoms with E-state index in [1.165, 1.54) is 0 Å². The fourth-order valence-electron chi connectivity index (χ4n) is 2.79. The fourth-order valence-corrected chi connectivity index (χ4v) is 2.79. The Morgan fingerprint density at radius 2 is 2.06 bits per heavy atom. The Bertz CT molecular complexity index is 286. The van der Waals surface area contributed by atoms with Gasteiger partial charge in [-0.05, 0) is 17.8 Å². The van der Waals surface area contributed by atoms with Crippen molar-refractivity contribution in [3.05, 3.63) is 0 Å². The molecule has 0 radical (unpaired) electrons. The lowest BCUT2D eigenvalue weighted by molar-refractivity contribution is -0.134. The van der Waals surface area contributed by atoms with Crippen LogP contribution in [-0.4, -0.2) is 48.2 Å². The highest BCUT2D eigenvalue weighted by Gasteiger charge is 2.31. The van der Waals surface area contributed by atoms with Gasteiger partial charge in [0.15, 0.2) is 0 Å². The molecule has 0 bridgehead atoms. The summed E-state index contributed by atoms with van der Waals surface area (Å²) in [6.07, 6.45) is 1.17. The number of aliphatic hydroxyl groups excluding tert-OH is 1. The summed E-state index contributed by atoms with van der Waals surface area (Å²) in [6, 6.07) is -0.0701. The predicted octanol–water partition coefficient (Wildman–Crippen LogP) is 1.24. The third kappa shape index (κ3) is 4.58. The quantitative estimate of drug-likeness (QED) is 0.796. The van der Waals surface area contributed by atoms with Gasteiger partial charge in [0.05, 0.1) is 12.1 Å². The van der Waals surface area contributed by atoms with Crippen LogP contribution in [0.15, 0.2) is 0 Å². The zero-order valence-corrected chi connectivity index (χ0v) is 12.4. The van der Waals surface area contributed by atoms with Gasteiger partial charge in [-0.2, -0.15) is 0 Å². The van der Waals surface area contributed by atoms with E-state index in [0.29, 0.717) is 25.4 Å². The van der Waals surface area contributed by atoms with Gasteiger partial charge in [0, 0.05) is 26.6 Å². The van der Waals surface area contributed by atoms with Crippen molar-refractivity contribution < 1.29 is 9.90 Å². The summed E-state index contributed by atoms with van der Waals surface area (Å²) in [4.78, 5) is 13.9. The van der Waals surface area contributed by atoms with E-state index >= 15 is 0 Å². The molecule has 2 N–H and O–H groups in total. The standard InChI is InChI=1S/C14H28N2O2/c1-10(7-14(2,3)4)6-13(18)16(5)11-8-15-9-12(11)17/h10-12,15,17H,6-9H2,1-5H3/t10?,11-,12-/m1/s1. The molecule has 3 atom stereocenters. The van der Waals surface area contributed by atoms with E-state index < -0.39 is 6.10 Å². The number of β-amino-alcohol motifs (C(OH)–C–C–N with tert-alkyl or cyclic N) is 1. The molecule has 1 amide bonds. The van der Waals surface area contributed by atoms with Gasteiger partial charge >= 0.3 is 0 Å². The van der Waals surface area contributed by atoms with E-state index in [0.717, 1.165) is 6.42 Å². The van der Waals surface area contributed by atoms with Gasteiger partial charge in [-0.3, -0.25) is 4.79 Å². The fraction of sp³-hybridized carbons (Fsp3) is 0.929. The number of carbonyl (C=O) groups excluding carboxylic acids is 1.